The van der Waals surface area contributed by atoms with E-state index < -0.39 is 0 Å². The molecular weight excluding hydrogens is 326 g/mol. The first-order valence-electron chi connectivity index (χ1n) is 10.6. The van der Waals surface area contributed by atoms with Gasteiger partial charge in [-0.05, 0) is 50.3 Å². The third kappa shape index (κ3) is 3.18. The number of nitrogens with zero attached hydrogens (tertiary/aromatic N) is 3. The number of piperidine rings is 1. The van der Waals surface area contributed by atoms with Crippen LogP contribution in [0.15, 0.2) is 6.07 Å². The molecule has 0 aromatic carbocycles. The van der Waals surface area contributed by atoms with E-state index in [-0.39, 0.29) is 11.8 Å². The highest BCUT2D eigenvalue weighted by molar-refractivity contribution is 5.82. The Morgan fingerprint density at radius 1 is 1.15 bits per heavy atom. The van der Waals surface area contributed by atoms with Gasteiger partial charge in [-0.25, -0.2) is 0 Å². The average molecular weight is 358 g/mol. The summed E-state index contributed by atoms with van der Waals surface area (Å²) in [5, 5.41) is 11.3. The molecule has 142 valence electrons. The second-order valence-corrected chi connectivity index (χ2v) is 8.70. The summed E-state index contributed by atoms with van der Waals surface area (Å²) in [7, 11) is 0. The standard InChI is InChI=1S/C20H31N5O/c26-20(19-17-11-21-12-18(17)19)22-10-14-9-16-13-24(7-4-8-25(16)23-14)15-5-2-1-3-6-15/h9,15,17-19,21H,1-8,10-13H2,(H,22,26)/t17-,18+,19?. The number of nitrogens with one attached hydrogen (secondary N) is 2. The second kappa shape index (κ2) is 6.97. The van der Waals surface area contributed by atoms with Gasteiger partial charge in [0.25, 0.3) is 0 Å². The molecule has 3 heterocycles. The summed E-state index contributed by atoms with van der Waals surface area (Å²) in [5.74, 6) is 1.64. The molecule has 6 heteroatoms. The lowest BCUT2D eigenvalue weighted by Crippen LogP contribution is -2.36. The number of hydrogen-bond acceptors (Lipinski definition) is 4. The first kappa shape index (κ1) is 16.8. The van der Waals surface area contributed by atoms with Crippen LogP contribution in [0.3, 0.4) is 0 Å². The van der Waals surface area contributed by atoms with E-state index in [1.165, 1.54) is 50.8 Å². The maximum Gasteiger partial charge on any atom is 0.224 e. The Morgan fingerprint density at radius 2 is 1.96 bits per heavy atom. The molecular formula is C20H31N5O. The number of hydrogen-bond donors (Lipinski definition) is 2. The number of carbonyl (C=O) groups is 1. The number of rotatable bonds is 4. The number of amides is 1. The number of aromatic nitrogens is 2. The smallest absolute Gasteiger partial charge is 0.224 e. The van der Waals surface area contributed by atoms with E-state index in [9.17, 15) is 4.79 Å². The van der Waals surface area contributed by atoms with Gasteiger partial charge in [-0.3, -0.25) is 14.4 Å². The Morgan fingerprint density at radius 3 is 2.77 bits per heavy atom. The molecule has 5 rings (SSSR count). The van der Waals surface area contributed by atoms with Gasteiger partial charge in [-0.2, -0.15) is 5.10 Å². The summed E-state index contributed by atoms with van der Waals surface area (Å²) in [4.78, 5) is 15.0. The highest BCUT2D eigenvalue weighted by Gasteiger charge is 2.56. The molecule has 2 saturated carbocycles. The van der Waals surface area contributed by atoms with Gasteiger partial charge in [0.05, 0.1) is 17.9 Å². The van der Waals surface area contributed by atoms with Crippen LogP contribution in [-0.4, -0.2) is 46.3 Å². The molecule has 1 saturated heterocycles. The van der Waals surface area contributed by atoms with Crippen LogP contribution in [0.1, 0.15) is 49.9 Å². The van der Waals surface area contributed by atoms with Crippen LogP contribution >= 0.6 is 0 Å². The first-order valence-corrected chi connectivity index (χ1v) is 10.6. The van der Waals surface area contributed by atoms with Crippen LogP contribution in [0.5, 0.6) is 0 Å². The van der Waals surface area contributed by atoms with Gasteiger partial charge >= 0.3 is 0 Å². The topological polar surface area (TPSA) is 62.2 Å². The fourth-order valence-electron chi connectivity index (χ4n) is 5.49. The Kier molecular flexibility index (Phi) is 4.49. The lowest BCUT2D eigenvalue weighted by molar-refractivity contribution is -0.123. The van der Waals surface area contributed by atoms with E-state index in [0.717, 1.165) is 37.9 Å². The summed E-state index contributed by atoms with van der Waals surface area (Å²) in [5.41, 5.74) is 2.34. The molecule has 3 atom stereocenters. The fourth-order valence-corrected chi connectivity index (χ4v) is 5.49. The highest BCUT2D eigenvalue weighted by atomic mass is 16.2. The maximum atomic E-state index is 12.4. The van der Waals surface area contributed by atoms with E-state index in [4.69, 9.17) is 5.10 Å². The first-order chi connectivity index (χ1) is 12.8. The second-order valence-electron chi connectivity index (χ2n) is 8.70. The summed E-state index contributed by atoms with van der Waals surface area (Å²) in [6, 6.07) is 2.98. The Balaban J connectivity index is 1.19. The normalized spacial score (nSPS) is 31.9. The molecule has 4 aliphatic rings. The highest BCUT2D eigenvalue weighted by Crippen LogP contribution is 2.48. The molecule has 3 fully saturated rings. The van der Waals surface area contributed by atoms with Crippen molar-refractivity contribution in [3.63, 3.8) is 0 Å². The summed E-state index contributed by atoms with van der Waals surface area (Å²) in [6.45, 7) is 5.82. The summed E-state index contributed by atoms with van der Waals surface area (Å²) < 4.78 is 2.18. The predicted octanol–water partition coefficient (Wildman–Crippen LogP) is 1.50. The van der Waals surface area contributed by atoms with Crippen molar-refractivity contribution in [2.75, 3.05) is 19.6 Å². The minimum atomic E-state index is 0.230. The van der Waals surface area contributed by atoms with Crippen LogP contribution in [0.4, 0.5) is 0 Å². The lowest BCUT2D eigenvalue weighted by atomic mass is 9.94. The van der Waals surface area contributed by atoms with Crippen LogP contribution in [0, 0.1) is 17.8 Å². The van der Waals surface area contributed by atoms with Gasteiger partial charge in [0.1, 0.15) is 0 Å². The van der Waals surface area contributed by atoms with Crippen LogP contribution in [0.25, 0.3) is 0 Å². The van der Waals surface area contributed by atoms with Crippen LogP contribution in [0.2, 0.25) is 0 Å². The molecule has 2 aliphatic carbocycles. The minimum absolute atomic E-state index is 0.230. The number of carbonyl (C=O) groups excluding carboxylic acids is 1. The molecule has 0 bridgehead atoms. The molecule has 2 N–H and O–H groups in total. The molecule has 1 aromatic heterocycles. The third-order valence-electron chi connectivity index (χ3n) is 7.02. The molecule has 1 unspecified atom stereocenters. The van der Waals surface area contributed by atoms with E-state index in [2.05, 4.69) is 26.3 Å². The lowest BCUT2D eigenvalue weighted by Gasteiger charge is -2.33. The summed E-state index contributed by atoms with van der Waals surface area (Å²) in [6.07, 6.45) is 8.07. The van der Waals surface area contributed by atoms with Gasteiger partial charge < -0.3 is 10.6 Å². The van der Waals surface area contributed by atoms with Gasteiger partial charge in [-0.15, -0.1) is 0 Å². The van der Waals surface area contributed by atoms with Crippen molar-refractivity contribution < 1.29 is 4.79 Å². The number of aryl methyl sites for hydroxylation is 1. The van der Waals surface area contributed by atoms with Crippen LogP contribution in [-0.2, 0) is 24.4 Å². The molecule has 1 amide bonds. The molecule has 0 radical (unpaired) electrons. The zero-order valence-corrected chi connectivity index (χ0v) is 15.6. The largest absolute Gasteiger partial charge is 0.350 e. The Hall–Kier alpha value is -1.40. The molecule has 2 aliphatic heterocycles. The van der Waals surface area contributed by atoms with Crippen molar-refractivity contribution in [3.05, 3.63) is 17.5 Å². The van der Waals surface area contributed by atoms with Crippen molar-refractivity contribution in [2.45, 2.75) is 64.2 Å². The SMILES string of the molecule is O=C(NCc1cc2n(n1)CCCN(C1CCCCC1)C2)C1[C@H]2CNC[C@@H]12. The monoisotopic (exact) mass is 357 g/mol. The van der Waals surface area contributed by atoms with E-state index >= 15 is 0 Å². The zero-order chi connectivity index (χ0) is 17.5. The van der Waals surface area contributed by atoms with Gasteiger partial charge in [0.2, 0.25) is 5.91 Å². The van der Waals surface area contributed by atoms with E-state index in [1.807, 2.05) is 0 Å². The molecule has 6 nitrogen and oxygen atoms in total. The maximum absolute atomic E-state index is 12.4. The van der Waals surface area contributed by atoms with Crippen molar-refractivity contribution in [3.8, 4) is 0 Å². The van der Waals surface area contributed by atoms with Crippen molar-refractivity contribution in [2.24, 2.45) is 17.8 Å². The zero-order valence-electron chi connectivity index (χ0n) is 15.6. The van der Waals surface area contributed by atoms with Crippen molar-refractivity contribution in [1.29, 1.82) is 0 Å². The van der Waals surface area contributed by atoms with Crippen molar-refractivity contribution >= 4 is 5.91 Å². The molecule has 1 aromatic rings. The number of fused-ring (bicyclic) bond motifs is 2. The van der Waals surface area contributed by atoms with Gasteiger partial charge in [0.15, 0.2) is 0 Å². The van der Waals surface area contributed by atoms with Gasteiger partial charge in [0, 0.05) is 31.6 Å². The van der Waals surface area contributed by atoms with Crippen molar-refractivity contribution in [1.82, 2.24) is 25.3 Å². The Bertz CT molecular complexity index is 655. The fraction of sp³-hybridized carbons (Fsp3) is 0.800. The average Bonchev–Trinajstić information content (AvgIpc) is 3.01. The van der Waals surface area contributed by atoms with Gasteiger partial charge in [-0.1, -0.05) is 19.3 Å². The summed E-state index contributed by atoms with van der Waals surface area (Å²) >= 11 is 0. The minimum Gasteiger partial charge on any atom is -0.350 e. The molecule has 0 spiro atoms. The molecule has 26 heavy (non-hydrogen) atoms. The van der Waals surface area contributed by atoms with Crippen LogP contribution < -0.4 is 10.6 Å². The quantitative estimate of drug-likeness (QED) is 0.857. The Labute approximate surface area is 155 Å². The van der Waals surface area contributed by atoms with E-state index in [0.29, 0.717) is 18.4 Å². The predicted molar refractivity (Wildman–Crippen MR) is 99.3 cm³/mol. The third-order valence-corrected chi connectivity index (χ3v) is 7.02. The van der Waals surface area contributed by atoms with E-state index in [1.54, 1.807) is 0 Å².